The molecule has 0 bridgehead atoms. The number of phenols is 1. The first-order chi connectivity index (χ1) is 8.28. The average molecular weight is 247 g/mol. The van der Waals surface area contributed by atoms with E-state index in [-0.39, 0.29) is 5.54 Å². The summed E-state index contributed by atoms with van der Waals surface area (Å²) in [7, 11) is 0. The van der Waals surface area contributed by atoms with Crippen molar-refractivity contribution in [3.8, 4) is 5.75 Å². The SMILES string of the molecule is CC1CC(C)(C)CC(N)(Cc2cccc(O)c2)C1. The summed E-state index contributed by atoms with van der Waals surface area (Å²) in [6.45, 7) is 6.92. The molecule has 0 amide bonds. The lowest BCUT2D eigenvalue weighted by Crippen LogP contribution is -2.50. The van der Waals surface area contributed by atoms with Crippen LogP contribution in [0.15, 0.2) is 24.3 Å². The van der Waals surface area contributed by atoms with Crippen molar-refractivity contribution in [2.45, 2.75) is 52.0 Å². The van der Waals surface area contributed by atoms with Crippen LogP contribution in [0.5, 0.6) is 5.75 Å². The molecule has 0 spiro atoms. The van der Waals surface area contributed by atoms with Gasteiger partial charge in [0, 0.05) is 5.54 Å². The molecule has 2 rings (SSSR count). The molecule has 3 N–H and O–H groups in total. The van der Waals surface area contributed by atoms with Crippen LogP contribution in [-0.2, 0) is 6.42 Å². The lowest BCUT2D eigenvalue weighted by Gasteiger charge is -2.46. The van der Waals surface area contributed by atoms with E-state index in [1.807, 2.05) is 12.1 Å². The molecule has 2 unspecified atom stereocenters. The summed E-state index contributed by atoms with van der Waals surface area (Å²) in [5, 5.41) is 9.54. The van der Waals surface area contributed by atoms with Gasteiger partial charge in [-0.15, -0.1) is 0 Å². The van der Waals surface area contributed by atoms with Gasteiger partial charge < -0.3 is 10.8 Å². The van der Waals surface area contributed by atoms with Crippen LogP contribution in [-0.4, -0.2) is 10.6 Å². The Morgan fingerprint density at radius 2 is 2.06 bits per heavy atom. The molecule has 0 heterocycles. The minimum absolute atomic E-state index is 0.130. The second kappa shape index (κ2) is 4.58. The largest absolute Gasteiger partial charge is 0.508 e. The molecule has 2 nitrogen and oxygen atoms in total. The van der Waals surface area contributed by atoms with Crippen LogP contribution in [0, 0.1) is 11.3 Å². The highest BCUT2D eigenvalue weighted by atomic mass is 16.3. The van der Waals surface area contributed by atoms with Gasteiger partial charge >= 0.3 is 0 Å². The summed E-state index contributed by atoms with van der Waals surface area (Å²) in [6.07, 6.45) is 4.24. The number of rotatable bonds is 2. The van der Waals surface area contributed by atoms with Crippen LogP contribution in [0.4, 0.5) is 0 Å². The molecule has 100 valence electrons. The molecule has 1 aromatic carbocycles. The molecule has 0 aromatic heterocycles. The molecular weight excluding hydrogens is 222 g/mol. The van der Waals surface area contributed by atoms with Gasteiger partial charge in [0.1, 0.15) is 5.75 Å². The highest BCUT2D eigenvalue weighted by Crippen LogP contribution is 2.44. The van der Waals surface area contributed by atoms with Crippen LogP contribution in [0.3, 0.4) is 0 Å². The third-order valence-corrected chi connectivity index (χ3v) is 3.95. The van der Waals surface area contributed by atoms with Gasteiger partial charge in [-0.1, -0.05) is 32.9 Å². The van der Waals surface area contributed by atoms with E-state index < -0.39 is 0 Å². The predicted octanol–water partition coefficient (Wildman–Crippen LogP) is 3.48. The zero-order chi connectivity index (χ0) is 13.4. The van der Waals surface area contributed by atoms with E-state index in [2.05, 4.69) is 26.8 Å². The van der Waals surface area contributed by atoms with Gasteiger partial charge in [0.2, 0.25) is 0 Å². The van der Waals surface area contributed by atoms with E-state index in [4.69, 9.17) is 5.73 Å². The topological polar surface area (TPSA) is 46.2 Å². The Labute approximate surface area is 110 Å². The number of phenolic OH excluding ortho intramolecular Hbond substituents is 1. The predicted molar refractivity (Wildman–Crippen MR) is 75.5 cm³/mol. The van der Waals surface area contributed by atoms with Gasteiger partial charge in [0.15, 0.2) is 0 Å². The van der Waals surface area contributed by atoms with Crippen molar-refractivity contribution < 1.29 is 5.11 Å². The second-order valence-corrected chi connectivity index (χ2v) is 7.06. The normalized spacial score (nSPS) is 31.2. The number of benzene rings is 1. The Bertz CT molecular complexity index is 427. The fourth-order valence-electron chi connectivity index (χ4n) is 4.01. The smallest absolute Gasteiger partial charge is 0.115 e. The van der Waals surface area contributed by atoms with Crippen molar-refractivity contribution in [1.82, 2.24) is 0 Å². The molecule has 18 heavy (non-hydrogen) atoms. The summed E-state index contributed by atoms with van der Waals surface area (Å²) >= 11 is 0. The maximum atomic E-state index is 9.54. The summed E-state index contributed by atoms with van der Waals surface area (Å²) in [5.74, 6) is 1.01. The fourth-order valence-corrected chi connectivity index (χ4v) is 4.01. The second-order valence-electron chi connectivity index (χ2n) is 7.06. The molecule has 1 aromatic rings. The molecule has 1 aliphatic rings. The molecule has 2 atom stereocenters. The molecule has 0 aliphatic heterocycles. The van der Waals surface area contributed by atoms with Crippen LogP contribution in [0.25, 0.3) is 0 Å². The summed E-state index contributed by atoms with van der Waals surface area (Å²) < 4.78 is 0. The molecular formula is C16H25NO. The molecule has 0 saturated heterocycles. The lowest BCUT2D eigenvalue weighted by molar-refractivity contribution is 0.108. The van der Waals surface area contributed by atoms with Crippen molar-refractivity contribution in [3.05, 3.63) is 29.8 Å². The number of hydrogen-bond acceptors (Lipinski definition) is 2. The summed E-state index contributed by atoms with van der Waals surface area (Å²) in [5.41, 5.74) is 7.96. The zero-order valence-electron chi connectivity index (χ0n) is 11.7. The van der Waals surface area contributed by atoms with E-state index >= 15 is 0 Å². The molecule has 1 fully saturated rings. The molecule has 0 radical (unpaired) electrons. The maximum absolute atomic E-state index is 9.54. The quantitative estimate of drug-likeness (QED) is 0.840. The van der Waals surface area contributed by atoms with Crippen LogP contribution < -0.4 is 5.73 Å². The van der Waals surface area contributed by atoms with Gasteiger partial charge in [0.25, 0.3) is 0 Å². The monoisotopic (exact) mass is 247 g/mol. The van der Waals surface area contributed by atoms with E-state index in [0.717, 1.165) is 24.8 Å². The van der Waals surface area contributed by atoms with E-state index in [9.17, 15) is 5.11 Å². The third kappa shape index (κ3) is 3.26. The lowest BCUT2D eigenvalue weighted by atomic mass is 9.63. The van der Waals surface area contributed by atoms with Gasteiger partial charge in [0.05, 0.1) is 0 Å². The molecule has 2 heteroatoms. The molecule has 1 aliphatic carbocycles. The Kier molecular flexibility index (Phi) is 3.41. The number of nitrogens with two attached hydrogens (primary N) is 1. The van der Waals surface area contributed by atoms with Gasteiger partial charge in [-0.2, -0.15) is 0 Å². The Hall–Kier alpha value is -1.02. The highest BCUT2D eigenvalue weighted by molar-refractivity contribution is 5.28. The summed E-state index contributed by atoms with van der Waals surface area (Å²) in [6, 6.07) is 7.49. The Balaban J connectivity index is 2.16. The van der Waals surface area contributed by atoms with Crippen LogP contribution in [0.2, 0.25) is 0 Å². The molecule has 1 saturated carbocycles. The number of hydrogen-bond donors (Lipinski definition) is 2. The van der Waals surface area contributed by atoms with Crippen molar-refractivity contribution in [3.63, 3.8) is 0 Å². The average Bonchev–Trinajstić information content (AvgIpc) is 2.11. The first kappa shape index (κ1) is 13.4. The van der Waals surface area contributed by atoms with Crippen molar-refractivity contribution in [2.75, 3.05) is 0 Å². The standard InChI is InChI=1S/C16H25NO/c1-12-8-15(2,3)11-16(17,9-12)10-13-5-4-6-14(18)7-13/h4-7,12,18H,8-11,17H2,1-3H3. The van der Waals surface area contributed by atoms with Crippen LogP contribution in [0.1, 0.15) is 45.6 Å². The van der Waals surface area contributed by atoms with Gasteiger partial charge in [-0.3, -0.25) is 0 Å². The van der Waals surface area contributed by atoms with E-state index in [1.165, 1.54) is 6.42 Å². The van der Waals surface area contributed by atoms with Crippen molar-refractivity contribution in [1.29, 1.82) is 0 Å². The highest BCUT2D eigenvalue weighted by Gasteiger charge is 2.40. The van der Waals surface area contributed by atoms with Crippen molar-refractivity contribution >= 4 is 0 Å². The van der Waals surface area contributed by atoms with Crippen LogP contribution >= 0.6 is 0 Å². The van der Waals surface area contributed by atoms with E-state index in [1.54, 1.807) is 6.07 Å². The maximum Gasteiger partial charge on any atom is 0.115 e. The minimum atomic E-state index is -0.130. The van der Waals surface area contributed by atoms with E-state index in [0.29, 0.717) is 17.1 Å². The summed E-state index contributed by atoms with van der Waals surface area (Å²) in [4.78, 5) is 0. The van der Waals surface area contributed by atoms with Gasteiger partial charge in [-0.05, 0) is 54.7 Å². The van der Waals surface area contributed by atoms with Gasteiger partial charge in [-0.25, -0.2) is 0 Å². The Morgan fingerprint density at radius 1 is 1.33 bits per heavy atom. The Morgan fingerprint density at radius 3 is 2.67 bits per heavy atom. The first-order valence-corrected chi connectivity index (χ1v) is 6.85. The third-order valence-electron chi connectivity index (χ3n) is 3.95. The van der Waals surface area contributed by atoms with Crippen molar-refractivity contribution in [2.24, 2.45) is 17.1 Å². The first-order valence-electron chi connectivity index (χ1n) is 6.85. The fraction of sp³-hybridized carbons (Fsp3) is 0.625. The number of aromatic hydroxyl groups is 1. The zero-order valence-corrected chi connectivity index (χ0v) is 11.7. The minimum Gasteiger partial charge on any atom is -0.508 e.